The number of aromatic nitrogens is 2. The molecule has 1 spiro atoms. The molecule has 7 heteroatoms. The summed E-state index contributed by atoms with van der Waals surface area (Å²) in [4.78, 5) is 38.6. The summed E-state index contributed by atoms with van der Waals surface area (Å²) in [6.07, 6.45) is 1.53. The predicted octanol–water partition coefficient (Wildman–Crippen LogP) is 0.175. The van der Waals surface area contributed by atoms with Crippen LogP contribution in [-0.4, -0.2) is 44.2 Å². The average Bonchev–Trinajstić information content (AvgIpc) is 2.95. The van der Waals surface area contributed by atoms with Crippen LogP contribution in [0.4, 0.5) is 0 Å². The van der Waals surface area contributed by atoms with Crippen molar-refractivity contribution < 1.29 is 9.90 Å². The molecule has 1 aliphatic carbocycles. The number of benzene rings is 1. The van der Waals surface area contributed by atoms with E-state index in [4.69, 9.17) is 0 Å². The summed E-state index contributed by atoms with van der Waals surface area (Å²) < 4.78 is 2.20. The molecule has 1 saturated heterocycles. The first-order valence-electron chi connectivity index (χ1n) is 9.18. The second-order valence-electron chi connectivity index (χ2n) is 7.59. The van der Waals surface area contributed by atoms with Gasteiger partial charge in [-0.3, -0.25) is 18.7 Å². The van der Waals surface area contributed by atoms with Gasteiger partial charge in [0.2, 0.25) is 0 Å². The van der Waals surface area contributed by atoms with Gasteiger partial charge in [0.25, 0.3) is 11.5 Å². The maximum atomic E-state index is 12.9. The van der Waals surface area contributed by atoms with Crippen LogP contribution in [0.3, 0.4) is 0 Å². The molecular weight excluding hydrogens is 346 g/mol. The largest absolute Gasteiger partial charge is 0.392 e. The lowest BCUT2D eigenvalue weighted by Gasteiger charge is -2.42. The van der Waals surface area contributed by atoms with Crippen LogP contribution in [0, 0.1) is 0 Å². The van der Waals surface area contributed by atoms with Crippen LogP contribution in [0.1, 0.15) is 34.5 Å². The Morgan fingerprint density at radius 3 is 2.48 bits per heavy atom. The summed E-state index contributed by atoms with van der Waals surface area (Å²) in [5, 5.41) is 10.7. The molecule has 1 amide bonds. The predicted molar refractivity (Wildman–Crippen MR) is 99.9 cm³/mol. The highest BCUT2D eigenvalue weighted by Gasteiger charge is 2.48. The second-order valence-corrected chi connectivity index (χ2v) is 7.59. The molecule has 7 nitrogen and oxygen atoms in total. The highest BCUT2D eigenvalue weighted by Crippen LogP contribution is 2.46. The Balaban J connectivity index is 1.60. The Labute approximate surface area is 156 Å². The van der Waals surface area contributed by atoms with Crippen molar-refractivity contribution in [3.05, 3.63) is 68.0 Å². The number of fused-ring (bicyclic) bond motifs is 2. The molecule has 0 radical (unpaired) electrons. The molecule has 142 valence electrons. The number of likely N-dealkylation sites (tertiary alicyclic amines) is 1. The van der Waals surface area contributed by atoms with Crippen molar-refractivity contribution in [2.24, 2.45) is 14.1 Å². The molecule has 0 unspecified atom stereocenters. The molecule has 1 fully saturated rings. The van der Waals surface area contributed by atoms with Gasteiger partial charge in [0.1, 0.15) is 5.69 Å². The molecule has 2 aliphatic rings. The van der Waals surface area contributed by atoms with E-state index in [0.29, 0.717) is 32.4 Å². The van der Waals surface area contributed by atoms with E-state index in [1.54, 1.807) is 4.90 Å². The smallest absolute Gasteiger partial charge is 0.331 e. The van der Waals surface area contributed by atoms with Gasteiger partial charge < -0.3 is 10.0 Å². The maximum Gasteiger partial charge on any atom is 0.331 e. The monoisotopic (exact) mass is 369 g/mol. The summed E-state index contributed by atoms with van der Waals surface area (Å²) in [6, 6.07) is 9.33. The van der Waals surface area contributed by atoms with Gasteiger partial charge in [0.05, 0.1) is 6.10 Å². The summed E-state index contributed by atoms with van der Waals surface area (Å²) in [6.45, 7) is 0.960. The molecule has 2 heterocycles. The zero-order valence-corrected chi connectivity index (χ0v) is 15.5. The first-order valence-corrected chi connectivity index (χ1v) is 9.18. The fourth-order valence-corrected chi connectivity index (χ4v) is 4.58. The summed E-state index contributed by atoms with van der Waals surface area (Å²) >= 11 is 0. The maximum absolute atomic E-state index is 12.9. The first-order chi connectivity index (χ1) is 12.8. The van der Waals surface area contributed by atoms with E-state index in [1.807, 2.05) is 12.1 Å². The summed E-state index contributed by atoms with van der Waals surface area (Å²) in [5.74, 6) is -0.317. The Hall–Kier alpha value is -2.67. The van der Waals surface area contributed by atoms with Crippen LogP contribution in [-0.2, 0) is 25.9 Å². The third kappa shape index (κ3) is 2.56. The first kappa shape index (κ1) is 17.7. The molecule has 1 aliphatic heterocycles. The SMILES string of the molecule is Cn1c(C(=O)N2CCC3(CC2)c2ccccc2C[C@@H]3O)cc(=O)n(C)c1=O. The zero-order valence-electron chi connectivity index (χ0n) is 15.5. The molecule has 1 aromatic heterocycles. The van der Waals surface area contributed by atoms with E-state index in [2.05, 4.69) is 12.1 Å². The topological polar surface area (TPSA) is 84.5 Å². The molecular formula is C20H23N3O4. The van der Waals surface area contributed by atoms with E-state index in [-0.39, 0.29) is 17.0 Å². The molecule has 1 atom stereocenters. The van der Waals surface area contributed by atoms with Crippen LogP contribution in [0.2, 0.25) is 0 Å². The minimum Gasteiger partial charge on any atom is -0.392 e. The van der Waals surface area contributed by atoms with Crippen LogP contribution in [0.15, 0.2) is 39.9 Å². The normalized spacial score (nSPS) is 20.7. The number of hydrogen-bond acceptors (Lipinski definition) is 4. The van der Waals surface area contributed by atoms with Crippen LogP contribution >= 0.6 is 0 Å². The lowest BCUT2D eigenvalue weighted by atomic mass is 9.72. The van der Waals surface area contributed by atoms with Crippen molar-refractivity contribution in [1.29, 1.82) is 0 Å². The molecule has 0 bridgehead atoms. The third-order valence-electron chi connectivity index (χ3n) is 6.29. The van der Waals surface area contributed by atoms with E-state index >= 15 is 0 Å². The second kappa shape index (κ2) is 6.20. The number of amides is 1. The van der Waals surface area contributed by atoms with Crippen LogP contribution < -0.4 is 11.2 Å². The van der Waals surface area contributed by atoms with Gasteiger partial charge in [0, 0.05) is 38.7 Å². The van der Waals surface area contributed by atoms with Crippen molar-refractivity contribution >= 4 is 5.91 Å². The number of rotatable bonds is 1. The van der Waals surface area contributed by atoms with E-state index < -0.39 is 17.4 Å². The lowest BCUT2D eigenvalue weighted by molar-refractivity contribution is 0.0359. The Morgan fingerprint density at radius 1 is 1.11 bits per heavy atom. The van der Waals surface area contributed by atoms with Crippen molar-refractivity contribution in [2.45, 2.75) is 30.8 Å². The van der Waals surface area contributed by atoms with Gasteiger partial charge in [-0.1, -0.05) is 24.3 Å². The van der Waals surface area contributed by atoms with E-state index in [0.717, 1.165) is 4.57 Å². The van der Waals surface area contributed by atoms with Crippen molar-refractivity contribution in [1.82, 2.24) is 14.0 Å². The minimum absolute atomic E-state index is 0.103. The molecule has 4 rings (SSSR count). The molecule has 2 aromatic rings. The molecule has 27 heavy (non-hydrogen) atoms. The van der Waals surface area contributed by atoms with Gasteiger partial charge in [0.15, 0.2) is 0 Å². The average molecular weight is 369 g/mol. The minimum atomic E-state index is -0.514. The number of carbonyl (C=O) groups excluding carboxylic acids is 1. The quantitative estimate of drug-likeness (QED) is 0.777. The van der Waals surface area contributed by atoms with Gasteiger partial charge in [-0.2, -0.15) is 0 Å². The fraction of sp³-hybridized carbons (Fsp3) is 0.450. The van der Waals surface area contributed by atoms with Crippen molar-refractivity contribution in [2.75, 3.05) is 13.1 Å². The molecule has 1 aromatic carbocycles. The van der Waals surface area contributed by atoms with E-state index in [9.17, 15) is 19.5 Å². The summed E-state index contributed by atoms with van der Waals surface area (Å²) in [7, 11) is 2.89. The molecule has 0 saturated carbocycles. The van der Waals surface area contributed by atoms with E-state index in [1.165, 1.54) is 35.9 Å². The number of nitrogens with zero attached hydrogens (tertiary/aromatic N) is 3. The summed E-state index contributed by atoms with van der Waals surface area (Å²) in [5.41, 5.74) is 1.15. The number of hydrogen-bond donors (Lipinski definition) is 1. The third-order valence-corrected chi connectivity index (χ3v) is 6.29. The lowest BCUT2D eigenvalue weighted by Crippen LogP contribution is -2.50. The van der Waals surface area contributed by atoms with Crippen LogP contribution in [0.5, 0.6) is 0 Å². The zero-order chi connectivity index (χ0) is 19.3. The van der Waals surface area contributed by atoms with Crippen molar-refractivity contribution in [3.63, 3.8) is 0 Å². The molecule has 1 N–H and O–H groups in total. The Bertz CT molecular complexity index is 1030. The highest BCUT2D eigenvalue weighted by atomic mass is 16.3. The van der Waals surface area contributed by atoms with Gasteiger partial charge in [-0.25, -0.2) is 4.79 Å². The number of aliphatic hydroxyl groups is 1. The standard InChI is InChI=1S/C20H23N3O4/c1-21-15(12-17(25)22(2)19(21)27)18(26)23-9-7-20(8-10-23)14-6-4-3-5-13(14)11-16(20)24/h3-6,12,16,24H,7-11H2,1-2H3/t16-/m0/s1. The number of piperidine rings is 1. The Kier molecular flexibility index (Phi) is 4.07. The van der Waals surface area contributed by atoms with Gasteiger partial charge in [-0.05, 0) is 30.4 Å². The fourth-order valence-electron chi connectivity index (χ4n) is 4.58. The van der Waals surface area contributed by atoms with Gasteiger partial charge in [-0.15, -0.1) is 0 Å². The number of aliphatic hydroxyl groups excluding tert-OH is 1. The van der Waals surface area contributed by atoms with Gasteiger partial charge >= 0.3 is 5.69 Å². The van der Waals surface area contributed by atoms with Crippen LogP contribution in [0.25, 0.3) is 0 Å². The Morgan fingerprint density at radius 2 is 1.78 bits per heavy atom. The van der Waals surface area contributed by atoms with Crippen molar-refractivity contribution in [3.8, 4) is 0 Å². The highest BCUT2D eigenvalue weighted by molar-refractivity contribution is 5.92. The number of carbonyl (C=O) groups is 1.